The van der Waals surface area contributed by atoms with Gasteiger partial charge < -0.3 is 5.11 Å². The zero-order chi connectivity index (χ0) is 11.0. The number of aliphatic hydroxyl groups excluding tert-OH is 1. The van der Waals surface area contributed by atoms with Crippen molar-refractivity contribution in [3.63, 3.8) is 0 Å². The van der Waals surface area contributed by atoms with E-state index in [0.717, 1.165) is 5.56 Å². The van der Waals surface area contributed by atoms with Gasteiger partial charge in [-0.25, -0.2) is 0 Å². The Labute approximate surface area is 90.4 Å². The highest BCUT2D eigenvalue weighted by molar-refractivity contribution is 5.89. The zero-order valence-corrected chi connectivity index (χ0v) is 9.41. The summed E-state index contributed by atoms with van der Waals surface area (Å²) in [5.41, 5.74) is 3.45. The van der Waals surface area contributed by atoms with E-state index in [-0.39, 0.29) is 0 Å². The molecule has 1 unspecified atom stereocenters. The molecule has 0 aliphatic carbocycles. The minimum atomic E-state index is -0.395. The molecule has 0 bridgehead atoms. The summed E-state index contributed by atoms with van der Waals surface area (Å²) in [6, 6.07) is 10.4. The van der Waals surface area contributed by atoms with Gasteiger partial charge in [0.05, 0.1) is 6.10 Å². The highest BCUT2D eigenvalue weighted by Crippen LogP contribution is 2.28. The molecule has 0 saturated carbocycles. The van der Waals surface area contributed by atoms with Crippen LogP contribution in [-0.4, -0.2) is 5.11 Å². The molecule has 0 fully saturated rings. The predicted octanol–water partition coefficient (Wildman–Crippen LogP) is 3.51. The summed E-state index contributed by atoms with van der Waals surface area (Å²) in [6.07, 6.45) is -0.395. The third-order valence-corrected chi connectivity index (χ3v) is 3.01. The molecule has 2 aromatic rings. The SMILES string of the molecule is Cc1cc(C(C)O)c(C)c2ccccc12. The van der Waals surface area contributed by atoms with Gasteiger partial charge in [-0.05, 0) is 48.2 Å². The molecule has 15 heavy (non-hydrogen) atoms. The maximum atomic E-state index is 9.69. The molecular formula is C14H16O. The molecule has 1 atom stereocenters. The first-order valence-electron chi connectivity index (χ1n) is 5.28. The van der Waals surface area contributed by atoms with E-state index in [1.807, 2.05) is 13.0 Å². The number of aliphatic hydroxyl groups is 1. The van der Waals surface area contributed by atoms with E-state index in [1.165, 1.54) is 21.9 Å². The highest BCUT2D eigenvalue weighted by atomic mass is 16.3. The first kappa shape index (κ1) is 10.2. The summed E-state index contributed by atoms with van der Waals surface area (Å²) in [4.78, 5) is 0. The minimum Gasteiger partial charge on any atom is -0.389 e. The number of benzene rings is 2. The van der Waals surface area contributed by atoms with Crippen molar-refractivity contribution in [3.8, 4) is 0 Å². The molecule has 1 nitrogen and oxygen atoms in total. The Morgan fingerprint density at radius 2 is 1.67 bits per heavy atom. The smallest absolute Gasteiger partial charge is 0.0764 e. The summed E-state index contributed by atoms with van der Waals surface area (Å²) < 4.78 is 0. The molecule has 1 N–H and O–H groups in total. The van der Waals surface area contributed by atoms with Crippen molar-refractivity contribution in [1.82, 2.24) is 0 Å². The molecule has 2 rings (SSSR count). The van der Waals surface area contributed by atoms with Crippen LogP contribution in [0.15, 0.2) is 30.3 Å². The number of fused-ring (bicyclic) bond motifs is 1. The van der Waals surface area contributed by atoms with Crippen LogP contribution in [-0.2, 0) is 0 Å². The molecule has 78 valence electrons. The Kier molecular flexibility index (Phi) is 2.49. The Morgan fingerprint density at radius 1 is 1.07 bits per heavy atom. The summed E-state index contributed by atoms with van der Waals surface area (Å²) in [5.74, 6) is 0. The van der Waals surface area contributed by atoms with E-state index < -0.39 is 6.10 Å². The Hall–Kier alpha value is -1.34. The maximum Gasteiger partial charge on any atom is 0.0764 e. The predicted molar refractivity (Wildman–Crippen MR) is 64.1 cm³/mol. The van der Waals surface area contributed by atoms with Crippen molar-refractivity contribution < 1.29 is 5.11 Å². The van der Waals surface area contributed by atoms with Crippen LogP contribution in [0.25, 0.3) is 10.8 Å². The second-order valence-corrected chi connectivity index (χ2v) is 4.13. The van der Waals surface area contributed by atoms with Gasteiger partial charge in [0.25, 0.3) is 0 Å². The van der Waals surface area contributed by atoms with Crippen LogP contribution in [0.1, 0.15) is 29.7 Å². The van der Waals surface area contributed by atoms with E-state index in [0.29, 0.717) is 0 Å². The fourth-order valence-electron chi connectivity index (χ4n) is 2.16. The Balaban J connectivity index is 2.84. The van der Waals surface area contributed by atoms with Crippen LogP contribution in [0.5, 0.6) is 0 Å². The fourth-order valence-corrected chi connectivity index (χ4v) is 2.16. The van der Waals surface area contributed by atoms with Crippen molar-refractivity contribution in [1.29, 1.82) is 0 Å². The van der Waals surface area contributed by atoms with Crippen molar-refractivity contribution in [2.24, 2.45) is 0 Å². The van der Waals surface area contributed by atoms with Gasteiger partial charge in [-0.1, -0.05) is 30.3 Å². The first-order chi connectivity index (χ1) is 7.11. The zero-order valence-electron chi connectivity index (χ0n) is 9.41. The highest BCUT2D eigenvalue weighted by Gasteiger charge is 2.09. The summed E-state index contributed by atoms with van der Waals surface area (Å²) in [5, 5.41) is 12.2. The van der Waals surface area contributed by atoms with Crippen molar-refractivity contribution in [2.45, 2.75) is 26.9 Å². The largest absolute Gasteiger partial charge is 0.389 e. The topological polar surface area (TPSA) is 20.2 Å². The molecular weight excluding hydrogens is 184 g/mol. The monoisotopic (exact) mass is 200 g/mol. The molecule has 0 amide bonds. The van der Waals surface area contributed by atoms with Crippen LogP contribution in [0, 0.1) is 13.8 Å². The number of rotatable bonds is 1. The van der Waals surface area contributed by atoms with Crippen LogP contribution < -0.4 is 0 Å². The average Bonchev–Trinajstić information content (AvgIpc) is 2.23. The van der Waals surface area contributed by atoms with Crippen LogP contribution in [0.4, 0.5) is 0 Å². The Bertz CT molecular complexity index is 498. The maximum absolute atomic E-state index is 9.69. The minimum absolute atomic E-state index is 0.395. The van der Waals surface area contributed by atoms with E-state index in [2.05, 4.69) is 38.1 Å². The normalized spacial score (nSPS) is 13.1. The van der Waals surface area contributed by atoms with Gasteiger partial charge in [-0.2, -0.15) is 0 Å². The molecule has 2 aromatic carbocycles. The first-order valence-corrected chi connectivity index (χ1v) is 5.28. The third-order valence-electron chi connectivity index (χ3n) is 3.01. The van der Waals surface area contributed by atoms with Gasteiger partial charge in [-0.15, -0.1) is 0 Å². The van der Waals surface area contributed by atoms with Crippen LogP contribution in [0.3, 0.4) is 0 Å². The molecule has 0 saturated heterocycles. The lowest BCUT2D eigenvalue weighted by Crippen LogP contribution is -1.97. The van der Waals surface area contributed by atoms with Gasteiger partial charge in [0.1, 0.15) is 0 Å². The summed E-state index contributed by atoms with van der Waals surface area (Å²) >= 11 is 0. The molecule has 0 aliphatic heterocycles. The number of aryl methyl sites for hydroxylation is 2. The number of hydrogen-bond donors (Lipinski definition) is 1. The lowest BCUT2D eigenvalue weighted by atomic mass is 9.94. The summed E-state index contributed by atoms with van der Waals surface area (Å²) in [6.45, 7) is 5.98. The third kappa shape index (κ3) is 1.64. The van der Waals surface area contributed by atoms with Gasteiger partial charge in [0.2, 0.25) is 0 Å². The Morgan fingerprint density at radius 3 is 2.27 bits per heavy atom. The average molecular weight is 200 g/mol. The lowest BCUT2D eigenvalue weighted by molar-refractivity contribution is 0.198. The van der Waals surface area contributed by atoms with Gasteiger partial charge in [0.15, 0.2) is 0 Å². The molecule has 0 aromatic heterocycles. The molecule has 0 radical (unpaired) electrons. The van der Waals surface area contributed by atoms with Crippen LogP contribution in [0.2, 0.25) is 0 Å². The van der Waals surface area contributed by atoms with E-state index in [4.69, 9.17) is 0 Å². The summed E-state index contributed by atoms with van der Waals surface area (Å²) in [7, 11) is 0. The van der Waals surface area contributed by atoms with Crippen LogP contribution >= 0.6 is 0 Å². The second-order valence-electron chi connectivity index (χ2n) is 4.13. The quantitative estimate of drug-likeness (QED) is 0.746. The van der Waals surface area contributed by atoms with Gasteiger partial charge >= 0.3 is 0 Å². The van der Waals surface area contributed by atoms with E-state index in [9.17, 15) is 5.11 Å². The van der Waals surface area contributed by atoms with Gasteiger partial charge in [0, 0.05) is 0 Å². The molecule has 0 spiro atoms. The van der Waals surface area contributed by atoms with Crippen molar-refractivity contribution in [2.75, 3.05) is 0 Å². The van der Waals surface area contributed by atoms with E-state index in [1.54, 1.807) is 0 Å². The van der Waals surface area contributed by atoms with Crippen molar-refractivity contribution >= 4 is 10.8 Å². The fraction of sp³-hybridized carbons (Fsp3) is 0.286. The van der Waals surface area contributed by atoms with Gasteiger partial charge in [-0.3, -0.25) is 0 Å². The molecule has 0 aliphatic rings. The standard InChI is InChI=1S/C14H16O/c1-9-8-14(11(3)15)10(2)13-7-5-4-6-12(9)13/h4-8,11,15H,1-3H3. The second kappa shape index (κ2) is 3.67. The lowest BCUT2D eigenvalue weighted by Gasteiger charge is -2.14. The number of hydrogen-bond acceptors (Lipinski definition) is 1. The van der Waals surface area contributed by atoms with Crippen molar-refractivity contribution in [3.05, 3.63) is 47.0 Å². The molecule has 0 heterocycles. The molecule has 1 heteroatoms. The van der Waals surface area contributed by atoms with E-state index >= 15 is 0 Å².